The Morgan fingerprint density at radius 3 is 2.32 bits per heavy atom. The number of ether oxygens (including phenoxy) is 3. The number of halogens is 2. The van der Waals surface area contributed by atoms with Crippen molar-refractivity contribution in [1.29, 1.82) is 0 Å². The van der Waals surface area contributed by atoms with Gasteiger partial charge in [-0.1, -0.05) is 11.6 Å². The second-order valence-corrected chi connectivity index (χ2v) is 9.78. The Morgan fingerprint density at radius 2 is 1.66 bits per heavy atom. The SMILES string of the molecule is CCOc1ccc(N2C(=O)NC(=O)/C(=C\c3cc(Br)c(OCC(=O)Nc4ccc(Cl)cc4)c(OCC)c3)C2=O)cc1. The van der Waals surface area contributed by atoms with Crippen molar-refractivity contribution in [1.82, 2.24) is 5.32 Å². The van der Waals surface area contributed by atoms with Crippen LogP contribution < -0.4 is 29.7 Å². The van der Waals surface area contributed by atoms with Crippen molar-refractivity contribution in [3.8, 4) is 17.2 Å². The van der Waals surface area contributed by atoms with Crippen LogP contribution in [-0.2, 0) is 14.4 Å². The van der Waals surface area contributed by atoms with E-state index in [4.69, 9.17) is 25.8 Å². The molecule has 1 aliphatic heterocycles. The number of carbonyl (C=O) groups is 4. The van der Waals surface area contributed by atoms with Gasteiger partial charge in [0.25, 0.3) is 17.7 Å². The molecule has 0 unspecified atom stereocenters. The molecule has 3 aromatic rings. The van der Waals surface area contributed by atoms with Crippen LogP contribution in [0.2, 0.25) is 5.02 Å². The lowest BCUT2D eigenvalue weighted by Crippen LogP contribution is -2.54. The van der Waals surface area contributed by atoms with E-state index in [0.717, 1.165) is 4.90 Å². The standard InChI is InChI=1S/C29H25BrClN3O7/c1-3-39-21-11-9-20(10-12-21)34-28(37)22(27(36)33-29(34)38)13-17-14-23(30)26(24(15-17)40-4-2)41-16-25(35)32-19-7-5-18(31)6-8-19/h5-15H,3-4,16H2,1-2H3,(H,32,35)(H,33,36,38)/b22-13+. The number of hydrogen-bond acceptors (Lipinski definition) is 7. The summed E-state index contributed by atoms with van der Waals surface area (Å²) in [6.45, 7) is 4.03. The maximum absolute atomic E-state index is 13.3. The van der Waals surface area contributed by atoms with Crippen LogP contribution >= 0.6 is 27.5 Å². The minimum Gasteiger partial charge on any atom is -0.494 e. The van der Waals surface area contributed by atoms with E-state index in [1.165, 1.54) is 6.08 Å². The van der Waals surface area contributed by atoms with E-state index in [-0.39, 0.29) is 36.0 Å². The van der Waals surface area contributed by atoms with E-state index in [1.807, 2.05) is 6.92 Å². The van der Waals surface area contributed by atoms with Gasteiger partial charge in [-0.25, -0.2) is 9.69 Å². The topological polar surface area (TPSA) is 123 Å². The van der Waals surface area contributed by atoms with Crippen LogP contribution in [0.1, 0.15) is 19.4 Å². The molecule has 3 aromatic carbocycles. The highest BCUT2D eigenvalue weighted by molar-refractivity contribution is 9.10. The third kappa shape index (κ3) is 7.24. The summed E-state index contributed by atoms with van der Waals surface area (Å²) >= 11 is 9.30. The molecule has 0 radical (unpaired) electrons. The molecule has 1 fully saturated rings. The molecule has 0 spiro atoms. The number of imide groups is 2. The number of nitrogens with one attached hydrogen (secondary N) is 2. The number of benzene rings is 3. The number of carbonyl (C=O) groups excluding carboxylic acids is 4. The van der Waals surface area contributed by atoms with E-state index in [9.17, 15) is 19.2 Å². The van der Waals surface area contributed by atoms with Crippen molar-refractivity contribution in [2.75, 3.05) is 30.0 Å². The average molecular weight is 643 g/mol. The number of barbiturate groups is 1. The number of hydrogen-bond donors (Lipinski definition) is 2. The smallest absolute Gasteiger partial charge is 0.335 e. The lowest BCUT2D eigenvalue weighted by atomic mass is 10.1. The van der Waals surface area contributed by atoms with Crippen LogP contribution in [0.15, 0.2) is 70.7 Å². The minimum absolute atomic E-state index is 0.255. The molecule has 5 amide bonds. The molecular weight excluding hydrogens is 618 g/mol. The van der Waals surface area contributed by atoms with E-state index in [0.29, 0.717) is 33.1 Å². The summed E-state index contributed by atoms with van der Waals surface area (Å²) in [5, 5.41) is 5.45. The average Bonchev–Trinajstić information content (AvgIpc) is 2.93. The summed E-state index contributed by atoms with van der Waals surface area (Å²) in [5.74, 6) is -0.934. The van der Waals surface area contributed by atoms with Crippen molar-refractivity contribution in [3.63, 3.8) is 0 Å². The van der Waals surface area contributed by atoms with Crippen molar-refractivity contribution in [3.05, 3.63) is 81.3 Å². The Kier molecular flexibility index (Phi) is 9.64. The second kappa shape index (κ2) is 13.3. The third-order valence-electron chi connectivity index (χ3n) is 5.63. The Labute approximate surface area is 249 Å². The first kappa shape index (κ1) is 29.6. The molecule has 41 heavy (non-hydrogen) atoms. The van der Waals surface area contributed by atoms with Gasteiger partial charge >= 0.3 is 6.03 Å². The first-order chi connectivity index (χ1) is 19.7. The van der Waals surface area contributed by atoms with E-state index >= 15 is 0 Å². The van der Waals surface area contributed by atoms with Gasteiger partial charge < -0.3 is 19.5 Å². The largest absolute Gasteiger partial charge is 0.494 e. The molecule has 0 saturated carbocycles. The summed E-state index contributed by atoms with van der Waals surface area (Å²) in [6, 6.07) is 15.3. The summed E-state index contributed by atoms with van der Waals surface area (Å²) in [5.41, 5.74) is 0.982. The number of amides is 5. The van der Waals surface area contributed by atoms with Crippen molar-refractivity contribution < 1.29 is 33.4 Å². The van der Waals surface area contributed by atoms with E-state index in [1.54, 1.807) is 67.6 Å². The zero-order valence-corrected chi connectivity index (χ0v) is 24.4. The maximum Gasteiger partial charge on any atom is 0.335 e. The highest BCUT2D eigenvalue weighted by Gasteiger charge is 2.37. The predicted octanol–water partition coefficient (Wildman–Crippen LogP) is 5.58. The quantitative estimate of drug-likeness (QED) is 0.219. The zero-order chi connectivity index (χ0) is 29.5. The maximum atomic E-state index is 13.3. The summed E-state index contributed by atoms with van der Waals surface area (Å²) in [4.78, 5) is 51.8. The van der Waals surface area contributed by atoms with E-state index < -0.39 is 23.8 Å². The third-order valence-corrected chi connectivity index (χ3v) is 6.47. The number of rotatable bonds is 10. The fraction of sp³-hybridized carbons (Fsp3) is 0.172. The highest BCUT2D eigenvalue weighted by Crippen LogP contribution is 2.38. The number of nitrogens with zero attached hydrogens (tertiary/aromatic N) is 1. The molecule has 2 N–H and O–H groups in total. The monoisotopic (exact) mass is 641 g/mol. The van der Waals surface area contributed by atoms with Gasteiger partial charge in [0.05, 0.1) is 23.4 Å². The normalized spacial score (nSPS) is 14.1. The fourth-order valence-corrected chi connectivity index (χ4v) is 4.56. The molecular formula is C29H25BrClN3O7. The molecule has 0 aliphatic carbocycles. The molecule has 1 aliphatic rings. The second-order valence-electron chi connectivity index (χ2n) is 8.49. The van der Waals surface area contributed by atoms with Gasteiger partial charge in [0.15, 0.2) is 18.1 Å². The molecule has 10 nitrogen and oxygen atoms in total. The highest BCUT2D eigenvalue weighted by atomic mass is 79.9. The molecule has 12 heteroatoms. The fourth-order valence-electron chi connectivity index (χ4n) is 3.86. The van der Waals surface area contributed by atoms with Crippen molar-refractivity contribution in [2.45, 2.75) is 13.8 Å². The van der Waals surface area contributed by atoms with Gasteiger partial charge in [-0.15, -0.1) is 0 Å². The van der Waals surface area contributed by atoms with Gasteiger partial charge in [0, 0.05) is 10.7 Å². The molecule has 0 atom stereocenters. The van der Waals surface area contributed by atoms with Crippen molar-refractivity contribution >= 4 is 68.7 Å². The van der Waals surface area contributed by atoms with Crippen LogP contribution in [0, 0.1) is 0 Å². The lowest BCUT2D eigenvalue weighted by molar-refractivity contribution is -0.122. The Hall–Kier alpha value is -4.35. The molecule has 4 rings (SSSR count). The van der Waals surface area contributed by atoms with E-state index in [2.05, 4.69) is 26.6 Å². The number of anilines is 2. The predicted molar refractivity (Wildman–Crippen MR) is 158 cm³/mol. The van der Waals surface area contributed by atoms with Crippen LogP contribution in [-0.4, -0.2) is 43.6 Å². The van der Waals surface area contributed by atoms with Gasteiger partial charge in [0.2, 0.25) is 0 Å². The minimum atomic E-state index is -0.863. The molecule has 1 heterocycles. The molecule has 0 aromatic heterocycles. The first-order valence-corrected chi connectivity index (χ1v) is 13.7. The zero-order valence-electron chi connectivity index (χ0n) is 22.0. The number of urea groups is 1. The summed E-state index contributed by atoms with van der Waals surface area (Å²) in [7, 11) is 0. The summed E-state index contributed by atoms with van der Waals surface area (Å²) in [6.07, 6.45) is 1.34. The van der Waals surface area contributed by atoms with Crippen LogP contribution in [0.25, 0.3) is 6.08 Å². The Balaban J connectivity index is 1.56. The lowest BCUT2D eigenvalue weighted by Gasteiger charge is -2.26. The first-order valence-electron chi connectivity index (χ1n) is 12.5. The van der Waals surface area contributed by atoms with Crippen LogP contribution in [0.4, 0.5) is 16.2 Å². The van der Waals surface area contributed by atoms with Crippen LogP contribution in [0.3, 0.4) is 0 Å². The van der Waals surface area contributed by atoms with Crippen LogP contribution in [0.5, 0.6) is 17.2 Å². The molecule has 212 valence electrons. The van der Waals surface area contributed by atoms with Gasteiger partial charge in [-0.05, 0) is 102 Å². The van der Waals surface area contributed by atoms with Gasteiger partial charge in [0.1, 0.15) is 11.3 Å². The van der Waals surface area contributed by atoms with Gasteiger partial charge in [-0.3, -0.25) is 19.7 Å². The molecule has 0 bridgehead atoms. The Morgan fingerprint density at radius 1 is 0.976 bits per heavy atom. The van der Waals surface area contributed by atoms with Gasteiger partial charge in [-0.2, -0.15) is 0 Å². The summed E-state index contributed by atoms with van der Waals surface area (Å²) < 4.78 is 17.3. The molecule has 1 saturated heterocycles. The Bertz CT molecular complexity index is 1510. The van der Waals surface area contributed by atoms with Crippen molar-refractivity contribution in [2.24, 2.45) is 0 Å².